The van der Waals surface area contributed by atoms with E-state index < -0.39 is 0 Å². The summed E-state index contributed by atoms with van der Waals surface area (Å²) < 4.78 is 0. The standard InChI is InChI=1S/C16H25N/c1-3-14-9-10-16(11-14)17-12-13(2)15-7-5-4-6-8-15/h4-8,13-14,16-17H,3,9-12H2,1-2H3. The third kappa shape index (κ3) is 3.57. The fraction of sp³-hybridized carbons (Fsp3) is 0.625. The molecule has 0 aromatic heterocycles. The second-order valence-electron chi connectivity index (χ2n) is 5.50. The van der Waals surface area contributed by atoms with Gasteiger partial charge >= 0.3 is 0 Å². The molecule has 17 heavy (non-hydrogen) atoms. The number of nitrogens with one attached hydrogen (secondary N) is 1. The van der Waals surface area contributed by atoms with E-state index in [9.17, 15) is 0 Å². The normalized spacial score (nSPS) is 26.0. The first-order valence-corrected chi connectivity index (χ1v) is 7.08. The summed E-state index contributed by atoms with van der Waals surface area (Å²) in [4.78, 5) is 0. The molecule has 94 valence electrons. The van der Waals surface area contributed by atoms with Crippen LogP contribution in [0.15, 0.2) is 30.3 Å². The zero-order valence-electron chi connectivity index (χ0n) is 11.2. The number of hydrogen-bond donors (Lipinski definition) is 1. The Labute approximate surface area is 106 Å². The van der Waals surface area contributed by atoms with Crippen LogP contribution in [0, 0.1) is 5.92 Å². The molecule has 0 radical (unpaired) electrons. The van der Waals surface area contributed by atoms with Crippen LogP contribution in [0.25, 0.3) is 0 Å². The van der Waals surface area contributed by atoms with Crippen LogP contribution in [0.1, 0.15) is 51.0 Å². The van der Waals surface area contributed by atoms with Crippen LogP contribution in [0.5, 0.6) is 0 Å². The summed E-state index contributed by atoms with van der Waals surface area (Å²) in [6.07, 6.45) is 5.54. The van der Waals surface area contributed by atoms with Crippen molar-refractivity contribution < 1.29 is 0 Å². The summed E-state index contributed by atoms with van der Waals surface area (Å²) in [6.45, 7) is 5.75. The summed E-state index contributed by atoms with van der Waals surface area (Å²) in [5, 5.41) is 3.74. The van der Waals surface area contributed by atoms with Gasteiger partial charge in [-0.05, 0) is 36.7 Å². The Kier molecular flexibility index (Phi) is 4.61. The summed E-state index contributed by atoms with van der Waals surface area (Å²) in [6, 6.07) is 11.6. The average molecular weight is 231 g/mol. The van der Waals surface area contributed by atoms with Crippen molar-refractivity contribution in [3.8, 4) is 0 Å². The molecule has 2 rings (SSSR count). The highest BCUT2D eigenvalue weighted by molar-refractivity contribution is 5.19. The van der Waals surface area contributed by atoms with Crippen LogP contribution in [-0.2, 0) is 0 Å². The first kappa shape index (κ1) is 12.6. The highest BCUT2D eigenvalue weighted by atomic mass is 14.9. The Morgan fingerprint density at radius 2 is 2.00 bits per heavy atom. The lowest BCUT2D eigenvalue weighted by molar-refractivity contribution is 0.465. The van der Waals surface area contributed by atoms with Gasteiger partial charge in [-0.3, -0.25) is 0 Å². The summed E-state index contributed by atoms with van der Waals surface area (Å²) in [7, 11) is 0. The fourth-order valence-corrected chi connectivity index (χ4v) is 2.87. The van der Waals surface area contributed by atoms with Crippen LogP contribution in [0.3, 0.4) is 0 Å². The maximum Gasteiger partial charge on any atom is 0.00700 e. The van der Waals surface area contributed by atoms with E-state index in [0.717, 1.165) is 18.5 Å². The topological polar surface area (TPSA) is 12.0 Å². The molecule has 0 saturated heterocycles. The van der Waals surface area contributed by atoms with E-state index >= 15 is 0 Å². The van der Waals surface area contributed by atoms with E-state index in [1.807, 2.05) is 0 Å². The lowest BCUT2D eigenvalue weighted by Crippen LogP contribution is -2.30. The van der Waals surface area contributed by atoms with Crippen molar-refractivity contribution in [3.05, 3.63) is 35.9 Å². The van der Waals surface area contributed by atoms with Crippen LogP contribution in [-0.4, -0.2) is 12.6 Å². The lowest BCUT2D eigenvalue weighted by Gasteiger charge is -2.17. The first-order valence-electron chi connectivity index (χ1n) is 7.08. The molecule has 1 aromatic carbocycles. The molecule has 1 nitrogen and oxygen atoms in total. The first-order chi connectivity index (χ1) is 8.29. The second-order valence-corrected chi connectivity index (χ2v) is 5.50. The van der Waals surface area contributed by atoms with Gasteiger partial charge in [-0.2, -0.15) is 0 Å². The molecule has 1 aromatic rings. The van der Waals surface area contributed by atoms with E-state index in [-0.39, 0.29) is 0 Å². The van der Waals surface area contributed by atoms with Gasteiger partial charge in [0.25, 0.3) is 0 Å². The van der Waals surface area contributed by atoms with Crippen LogP contribution in [0.4, 0.5) is 0 Å². The van der Waals surface area contributed by atoms with Crippen molar-refractivity contribution in [1.82, 2.24) is 5.32 Å². The Balaban J connectivity index is 1.75. The SMILES string of the molecule is CCC1CCC(NCC(C)c2ccccc2)C1. The molecule has 1 fully saturated rings. The van der Waals surface area contributed by atoms with Crippen molar-refractivity contribution in [2.24, 2.45) is 5.92 Å². The Hall–Kier alpha value is -0.820. The predicted molar refractivity (Wildman–Crippen MR) is 74.3 cm³/mol. The average Bonchev–Trinajstić information content (AvgIpc) is 2.85. The van der Waals surface area contributed by atoms with Crippen LogP contribution < -0.4 is 5.32 Å². The van der Waals surface area contributed by atoms with Gasteiger partial charge in [0.1, 0.15) is 0 Å². The van der Waals surface area contributed by atoms with Crippen molar-refractivity contribution in [2.75, 3.05) is 6.54 Å². The zero-order valence-corrected chi connectivity index (χ0v) is 11.2. The van der Waals surface area contributed by atoms with E-state index in [4.69, 9.17) is 0 Å². The van der Waals surface area contributed by atoms with Gasteiger partial charge in [0, 0.05) is 12.6 Å². The van der Waals surface area contributed by atoms with Gasteiger partial charge in [0.2, 0.25) is 0 Å². The van der Waals surface area contributed by atoms with Gasteiger partial charge in [-0.1, -0.05) is 50.6 Å². The van der Waals surface area contributed by atoms with Gasteiger partial charge in [-0.25, -0.2) is 0 Å². The minimum atomic E-state index is 0.622. The molecule has 1 aliphatic rings. The monoisotopic (exact) mass is 231 g/mol. The number of benzene rings is 1. The molecule has 0 bridgehead atoms. The minimum Gasteiger partial charge on any atom is -0.313 e. The van der Waals surface area contributed by atoms with Crippen LogP contribution in [0.2, 0.25) is 0 Å². The highest BCUT2D eigenvalue weighted by Crippen LogP contribution is 2.28. The van der Waals surface area contributed by atoms with E-state index in [1.165, 1.54) is 31.2 Å². The minimum absolute atomic E-state index is 0.622. The van der Waals surface area contributed by atoms with Gasteiger partial charge < -0.3 is 5.32 Å². The third-order valence-electron chi connectivity index (χ3n) is 4.20. The van der Waals surface area contributed by atoms with E-state index in [1.54, 1.807) is 0 Å². The van der Waals surface area contributed by atoms with Crippen LogP contribution >= 0.6 is 0 Å². The molecular weight excluding hydrogens is 206 g/mol. The maximum atomic E-state index is 3.74. The molecule has 0 aliphatic heterocycles. The smallest absolute Gasteiger partial charge is 0.00700 e. The van der Waals surface area contributed by atoms with Gasteiger partial charge in [-0.15, -0.1) is 0 Å². The summed E-state index contributed by atoms with van der Waals surface area (Å²) >= 11 is 0. The number of hydrogen-bond acceptors (Lipinski definition) is 1. The highest BCUT2D eigenvalue weighted by Gasteiger charge is 2.23. The Morgan fingerprint density at radius 3 is 2.65 bits per heavy atom. The largest absolute Gasteiger partial charge is 0.313 e. The Bertz CT molecular complexity index is 320. The van der Waals surface area contributed by atoms with Gasteiger partial charge in [0.05, 0.1) is 0 Å². The summed E-state index contributed by atoms with van der Waals surface area (Å²) in [5.41, 5.74) is 1.45. The predicted octanol–water partition coefficient (Wildman–Crippen LogP) is 3.96. The summed E-state index contributed by atoms with van der Waals surface area (Å²) in [5.74, 6) is 1.59. The molecule has 0 heterocycles. The fourth-order valence-electron chi connectivity index (χ4n) is 2.87. The maximum absolute atomic E-state index is 3.74. The molecule has 3 unspecified atom stereocenters. The van der Waals surface area contributed by atoms with Crippen molar-refractivity contribution in [2.45, 2.75) is 51.5 Å². The van der Waals surface area contributed by atoms with Gasteiger partial charge in [0.15, 0.2) is 0 Å². The van der Waals surface area contributed by atoms with E-state index in [2.05, 4.69) is 49.5 Å². The third-order valence-corrected chi connectivity index (χ3v) is 4.20. The molecular formula is C16H25N. The molecule has 1 N–H and O–H groups in total. The quantitative estimate of drug-likeness (QED) is 0.809. The molecule has 1 heteroatoms. The van der Waals surface area contributed by atoms with Crippen molar-refractivity contribution in [1.29, 1.82) is 0 Å². The molecule has 0 spiro atoms. The second kappa shape index (κ2) is 6.20. The lowest BCUT2D eigenvalue weighted by atomic mass is 10.0. The molecule has 1 saturated carbocycles. The molecule has 3 atom stereocenters. The van der Waals surface area contributed by atoms with Crippen molar-refractivity contribution >= 4 is 0 Å². The Morgan fingerprint density at radius 1 is 1.24 bits per heavy atom. The van der Waals surface area contributed by atoms with E-state index in [0.29, 0.717) is 5.92 Å². The number of rotatable bonds is 5. The molecule has 1 aliphatic carbocycles. The zero-order chi connectivity index (χ0) is 12.1. The molecule has 0 amide bonds. The van der Waals surface area contributed by atoms with Crippen molar-refractivity contribution in [3.63, 3.8) is 0 Å².